The number of carboxylic acid groups (broad SMARTS) is 1. The maximum absolute atomic E-state index is 11.9. The van der Waals surface area contributed by atoms with Crippen LogP contribution in [-0.2, 0) is 14.3 Å². The van der Waals surface area contributed by atoms with Crippen LogP contribution in [-0.4, -0.2) is 67.5 Å². The normalized spacial score (nSPS) is 19.6. The third-order valence-electron chi connectivity index (χ3n) is 3.07. The van der Waals surface area contributed by atoms with Crippen molar-refractivity contribution in [3.63, 3.8) is 0 Å². The molecule has 1 unspecified atom stereocenters. The van der Waals surface area contributed by atoms with E-state index in [9.17, 15) is 22.8 Å². The van der Waals surface area contributed by atoms with Crippen LogP contribution in [0.5, 0.6) is 0 Å². The maximum Gasteiger partial charge on any atom is 0.411 e. The zero-order chi connectivity index (χ0) is 15.9. The van der Waals surface area contributed by atoms with Gasteiger partial charge in [0.05, 0.1) is 6.54 Å². The molecule has 0 spiro atoms. The molecule has 1 amide bonds. The van der Waals surface area contributed by atoms with Crippen molar-refractivity contribution in [2.45, 2.75) is 19.0 Å². The molecule has 1 heterocycles. The number of nitrogens with zero attached hydrogens (tertiary/aromatic N) is 1. The van der Waals surface area contributed by atoms with Gasteiger partial charge in [0, 0.05) is 19.6 Å². The number of rotatable bonds is 7. The molecule has 2 N–H and O–H groups in total. The van der Waals surface area contributed by atoms with E-state index in [0.717, 1.165) is 12.8 Å². The predicted molar refractivity (Wildman–Crippen MR) is 66.7 cm³/mol. The van der Waals surface area contributed by atoms with Crippen LogP contribution in [0.25, 0.3) is 0 Å². The fourth-order valence-electron chi connectivity index (χ4n) is 2.19. The molecule has 0 aliphatic carbocycles. The average molecular weight is 312 g/mol. The average Bonchev–Trinajstić information content (AvgIpc) is 2.37. The largest absolute Gasteiger partial charge is 0.480 e. The number of hydrogen-bond donors (Lipinski definition) is 2. The van der Waals surface area contributed by atoms with Gasteiger partial charge < -0.3 is 20.1 Å². The minimum atomic E-state index is -4.44. The lowest BCUT2D eigenvalue weighted by Gasteiger charge is -2.32. The van der Waals surface area contributed by atoms with Crippen molar-refractivity contribution in [2.75, 3.05) is 39.4 Å². The van der Waals surface area contributed by atoms with Gasteiger partial charge >= 0.3 is 12.1 Å². The number of alkyl halides is 3. The maximum atomic E-state index is 11.9. The van der Waals surface area contributed by atoms with Crippen LogP contribution in [0.2, 0.25) is 0 Å². The summed E-state index contributed by atoms with van der Waals surface area (Å²) in [4.78, 5) is 23.6. The summed E-state index contributed by atoms with van der Waals surface area (Å²) in [6.07, 6.45) is -2.85. The van der Waals surface area contributed by atoms with E-state index in [1.54, 1.807) is 0 Å². The standard InChI is InChI=1S/C12H19F3N2O4/c13-12(14,15)8-21-7-10(18)17-3-1-2-9(6-17)4-16-5-11(19)20/h9,16H,1-8H2,(H,19,20). The predicted octanol–water partition coefficient (Wildman–Crippen LogP) is 0.478. The number of hydrogen-bond acceptors (Lipinski definition) is 4. The summed E-state index contributed by atoms with van der Waals surface area (Å²) < 4.78 is 40.1. The molecule has 1 aliphatic heterocycles. The molecule has 0 radical (unpaired) electrons. The van der Waals surface area contributed by atoms with Gasteiger partial charge in [0.1, 0.15) is 13.2 Å². The molecule has 1 atom stereocenters. The Balaban J connectivity index is 2.27. The van der Waals surface area contributed by atoms with E-state index in [1.807, 2.05) is 0 Å². The number of nitrogens with one attached hydrogen (secondary N) is 1. The smallest absolute Gasteiger partial charge is 0.411 e. The van der Waals surface area contributed by atoms with Crippen molar-refractivity contribution in [2.24, 2.45) is 5.92 Å². The molecule has 6 nitrogen and oxygen atoms in total. The van der Waals surface area contributed by atoms with E-state index in [2.05, 4.69) is 10.1 Å². The highest BCUT2D eigenvalue weighted by Gasteiger charge is 2.29. The van der Waals surface area contributed by atoms with Gasteiger partial charge in [-0.15, -0.1) is 0 Å². The van der Waals surface area contributed by atoms with Gasteiger partial charge in [-0.2, -0.15) is 13.2 Å². The second-order valence-electron chi connectivity index (χ2n) is 4.98. The number of carbonyl (C=O) groups excluding carboxylic acids is 1. The summed E-state index contributed by atoms with van der Waals surface area (Å²) in [5.74, 6) is -1.33. The quantitative estimate of drug-likeness (QED) is 0.715. The Labute approximate surface area is 120 Å². The molecule has 1 aliphatic rings. The molecule has 1 saturated heterocycles. The number of aliphatic carboxylic acids is 1. The van der Waals surface area contributed by atoms with Crippen molar-refractivity contribution in [3.05, 3.63) is 0 Å². The molecule has 1 fully saturated rings. The van der Waals surface area contributed by atoms with Crippen molar-refractivity contribution < 1.29 is 32.6 Å². The van der Waals surface area contributed by atoms with E-state index in [1.165, 1.54) is 4.90 Å². The highest BCUT2D eigenvalue weighted by Crippen LogP contribution is 2.17. The lowest BCUT2D eigenvalue weighted by atomic mass is 9.98. The number of piperidine rings is 1. The van der Waals surface area contributed by atoms with Crippen molar-refractivity contribution >= 4 is 11.9 Å². The molecular formula is C12H19F3N2O4. The zero-order valence-corrected chi connectivity index (χ0v) is 11.5. The number of carbonyl (C=O) groups is 2. The lowest BCUT2D eigenvalue weighted by Crippen LogP contribution is -2.45. The van der Waals surface area contributed by atoms with Crippen LogP contribution in [0.1, 0.15) is 12.8 Å². The molecule has 21 heavy (non-hydrogen) atoms. The summed E-state index contributed by atoms with van der Waals surface area (Å²) in [5, 5.41) is 11.3. The van der Waals surface area contributed by atoms with E-state index in [4.69, 9.17) is 5.11 Å². The first-order chi connectivity index (χ1) is 9.78. The highest BCUT2D eigenvalue weighted by atomic mass is 19.4. The van der Waals surface area contributed by atoms with Crippen LogP contribution in [0.15, 0.2) is 0 Å². The third kappa shape index (κ3) is 7.86. The summed E-state index contributed by atoms with van der Waals surface area (Å²) in [5.41, 5.74) is 0. The van der Waals surface area contributed by atoms with Crippen molar-refractivity contribution in [1.29, 1.82) is 0 Å². The number of likely N-dealkylation sites (tertiary alicyclic amines) is 1. The van der Waals surface area contributed by atoms with E-state index in [-0.39, 0.29) is 12.5 Å². The van der Waals surface area contributed by atoms with E-state index >= 15 is 0 Å². The molecule has 0 aromatic heterocycles. The van der Waals surface area contributed by atoms with Crippen LogP contribution in [0.4, 0.5) is 13.2 Å². The van der Waals surface area contributed by atoms with Crippen molar-refractivity contribution in [3.8, 4) is 0 Å². The Kier molecular flexibility index (Phi) is 6.90. The first-order valence-corrected chi connectivity index (χ1v) is 6.62. The fourth-order valence-corrected chi connectivity index (χ4v) is 2.19. The van der Waals surface area contributed by atoms with Crippen LogP contribution in [0, 0.1) is 5.92 Å². The SMILES string of the molecule is O=C(O)CNCC1CCCN(C(=O)COCC(F)(F)F)C1. The van der Waals surface area contributed by atoms with Crippen molar-refractivity contribution in [1.82, 2.24) is 10.2 Å². The minimum Gasteiger partial charge on any atom is -0.480 e. The Morgan fingerprint density at radius 2 is 2.10 bits per heavy atom. The Morgan fingerprint density at radius 1 is 1.38 bits per heavy atom. The molecule has 1 rings (SSSR count). The monoisotopic (exact) mass is 312 g/mol. The van der Waals surface area contributed by atoms with Gasteiger partial charge in [0.25, 0.3) is 0 Å². The summed E-state index contributed by atoms with van der Waals surface area (Å²) in [6, 6.07) is 0. The molecule has 0 aromatic rings. The van der Waals surface area contributed by atoms with E-state index < -0.39 is 31.3 Å². The highest BCUT2D eigenvalue weighted by molar-refractivity contribution is 5.77. The Hall–Kier alpha value is -1.35. The Bertz CT molecular complexity index is 363. The first kappa shape index (κ1) is 17.7. The fraction of sp³-hybridized carbons (Fsp3) is 0.833. The van der Waals surface area contributed by atoms with Gasteiger partial charge in [-0.3, -0.25) is 9.59 Å². The molecule has 9 heteroatoms. The minimum absolute atomic E-state index is 0.102. The van der Waals surface area contributed by atoms with Gasteiger partial charge in [0.2, 0.25) is 5.91 Å². The van der Waals surface area contributed by atoms with E-state index in [0.29, 0.717) is 19.6 Å². The first-order valence-electron chi connectivity index (χ1n) is 6.62. The zero-order valence-electron chi connectivity index (χ0n) is 11.5. The van der Waals surface area contributed by atoms with Gasteiger partial charge in [0.15, 0.2) is 0 Å². The summed E-state index contributed by atoms with van der Waals surface area (Å²) in [6.45, 7) is -0.825. The van der Waals surface area contributed by atoms with Crippen LogP contribution >= 0.6 is 0 Å². The number of halogens is 3. The summed E-state index contributed by atoms with van der Waals surface area (Å²) in [7, 11) is 0. The number of carboxylic acids is 1. The number of ether oxygens (including phenoxy) is 1. The van der Waals surface area contributed by atoms with Crippen LogP contribution < -0.4 is 5.32 Å². The van der Waals surface area contributed by atoms with Gasteiger partial charge in [-0.25, -0.2) is 0 Å². The second-order valence-corrected chi connectivity index (χ2v) is 4.98. The Morgan fingerprint density at radius 3 is 2.71 bits per heavy atom. The molecular weight excluding hydrogens is 293 g/mol. The molecule has 0 saturated carbocycles. The number of amides is 1. The van der Waals surface area contributed by atoms with Crippen LogP contribution in [0.3, 0.4) is 0 Å². The molecule has 122 valence electrons. The lowest BCUT2D eigenvalue weighted by molar-refractivity contribution is -0.178. The van der Waals surface area contributed by atoms with Gasteiger partial charge in [-0.1, -0.05) is 0 Å². The summed E-state index contributed by atoms with van der Waals surface area (Å²) >= 11 is 0. The molecule has 0 aromatic carbocycles. The second kappa shape index (κ2) is 8.18. The third-order valence-corrected chi connectivity index (χ3v) is 3.07. The topological polar surface area (TPSA) is 78.9 Å². The van der Waals surface area contributed by atoms with Gasteiger partial charge in [-0.05, 0) is 18.8 Å². The molecule has 0 bridgehead atoms.